The zero-order chi connectivity index (χ0) is 15.0. The molecule has 0 atom stereocenters. The van der Waals surface area contributed by atoms with Crippen molar-refractivity contribution in [1.82, 2.24) is 10.0 Å². The zero-order valence-electron chi connectivity index (χ0n) is 12.1. The molecule has 2 N–H and O–H groups in total. The van der Waals surface area contributed by atoms with E-state index in [1.165, 1.54) is 7.11 Å². The summed E-state index contributed by atoms with van der Waals surface area (Å²) in [6.45, 7) is 1.50. The molecule has 0 bridgehead atoms. The molecule has 1 rings (SSSR count). The van der Waals surface area contributed by atoms with Crippen LogP contribution in [0, 0.1) is 0 Å². The van der Waals surface area contributed by atoms with Gasteiger partial charge in [-0.1, -0.05) is 6.07 Å². The molecule has 6 nitrogen and oxygen atoms in total. The van der Waals surface area contributed by atoms with E-state index in [9.17, 15) is 8.42 Å². The number of nitrogens with one attached hydrogen (secondary N) is 2. The summed E-state index contributed by atoms with van der Waals surface area (Å²) in [7, 11) is 1.30. The van der Waals surface area contributed by atoms with Gasteiger partial charge in [0, 0.05) is 26.8 Å². The Bertz CT molecular complexity index is 517. The normalized spacial score (nSPS) is 11.6. The van der Waals surface area contributed by atoms with Crippen molar-refractivity contribution in [2.75, 3.05) is 34.4 Å². The lowest BCUT2D eigenvalue weighted by molar-refractivity contribution is 0.196. The van der Waals surface area contributed by atoms with Gasteiger partial charge in [0.25, 0.3) is 0 Å². The first-order chi connectivity index (χ1) is 9.55. The van der Waals surface area contributed by atoms with Crippen molar-refractivity contribution in [2.24, 2.45) is 0 Å². The van der Waals surface area contributed by atoms with Crippen molar-refractivity contribution in [3.05, 3.63) is 23.8 Å². The average molecular weight is 302 g/mol. The average Bonchev–Trinajstić information content (AvgIpc) is 2.43. The lowest BCUT2D eigenvalue weighted by Crippen LogP contribution is -2.26. The highest BCUT2D eigenvalue weighted by Crippen LogP contribution is 2.24. The van der Waals surface area contributed by atoms with Gasteiger partial charge in [0.1, 0.15) is 10.6 Å². The summed E-state index contributed by atoms with van der Waals surface area (Å²) in [4.78, 5) is 0.150. The largest absolute Gasteiger partial charge is 0.495 e. The van der Waals surface area contributed by atoms with Crippen LogP contribution in [-0.4, -0.2) is 42.8 Å². The molecule has 114 valence electrons. The number of hydrogen-bond acceptors (Lipinski definition) is 5. The topological polar surface area (TPSA) is 76.7 Å². The van der Waals surface area contributed by atoms with E-state index >= 15 is 0 Å². The van der Waals surface area contributed by atoms with Gasteiger partial charge in [0.2, 0.25) is 10.0 Å². The van der Waals surface area contributed by atoms with E-state index in [-0.39, 0.29) is 4.90 Å². The standard InChI is InChI=1S/C13H22N2O4S/c1-14-10-11-5-6-13(12(9-11)19-3)20(16,17)15-7-4-8-18-2/h5-6,9,14-15H,4,7-8,10H2,1-3H3. The Hall–Kier alpha value is -1.15. The third-order valence-electron chi connectivity index (χ3n) is 2.72. The van der Waals surface area contributed by atoms with Crippen LogP contribution in [0.1, 0.15) is 12.0 Å². The van der Waals surface area contributed by atoms with Gasteiger partial charge in [0.15, 0.2) is 0 Å². The number of sulfonamides is 1. The summed E-state index contributed by atoms with van der Waals surface area (Å²) < 4.78 is 37.0. The Morgan fingerprint density at radius 2 is 2.00 bits per heavy atom. The van der Waals surface area contributed by atoms with Gasteiger partial charge in [-0.05, 0) is 31.2 Å². The van der Waals surface area contributed by atoms with Crippen molar-refractivity contribution in [3.8, 4) is 5.75 Å². The number of methoxy groups -OCH3 is 2. The molecule has 20 heavy (non-hydrogen) atoms. The highest BCUT2D eigenvalue weighted by atomic mass is 32.2. The van der Waals surface area contributed by atoms with Crippen LogP contribution in [0.5, 0.6) is 5.75 Å². The van der Waals surface area contributed by atoms with Crippen molar-refractivity contribution in [2.45, 2.75) is 17.9 Å². The molecule has 0 saturated heterocycles. The van der Waals surface area contributed by atoms with Crippen LogP contribution in [-0.2, 0) is 21.3 Å². The zero-order valence-corrected chi connectivity index (χ0v) is 12.9. The highest BCUT2D eigenvalue weighted by Gasteiger charge is 2.19. The van der Waals surface area contributed by atoms with E-state index in [2.05, 4.69) is 10.0 Å². The molecule has 0 heterocycles. The summed E-state index contributed by atoms with van der Waals surface area (Å²) in [5.41, 5.74) is 0.961. The Morgan fingerprint density at radius 3 is 2.60 bits per heavy atom. The molecule has 0 aliphatic heterocycles. The third-order valence-corrected chi connectivity index (χ3v) is 4.22. The quantitative estimate of drug-likeness (QED) is 0.658. The summed E-state index contributed by atoms with van der Waals surface area (Å²) in [5.74, 6) is 0.344. The van der Waals surface area contributed by atoms with E-state index in [0.717, 1.165) is 5.56 Å². The maximum atomic E-state index is 12.2. The molecule has 0 aliphatic rings. The minimum absolute atomic E-state index is 0.150. The molecule has 0 saturated carbocycles. The third kappa shape index (κ3) is 4.75. The minimum Gasteiger partial charge on any atom is -0.495 e. The van der Waals surface area contributed by atoms with Crippen LogP contribution >= 0.6 is 0 Å². The van der Waals surface area contributed by atoms with Crippen molar-refractivity contribution in [1.29, 1.82) is 0 Å². The van der Waals surface area contributed by atoms with Crippen molar-refractivity contribution < 1.29 is 17.9 Å². The molecule has 1 aromatic carbocycles. The van der Waals surface area contributed by atoms with Crippen LogP contribution in [0.15, 0.2) is 23.1 Å². The fourth-order valence-corrected chi connectivity index (χ4v) is 2.97. The fourth-order valence-electron chi connectivity index (χ4n) is 1.75. The SMILES string of the molecule is CNCc1ccc(S(=O)(=O)NCCCOC)c(OC)c1. The van der Waals surface area contributed by atoms with E-state index in [0.29, 0.717) is 31.9 Å². The van der Waals surface area contributed by atoms with Crippen molar-refractivity contribution in [3.63, 3.8) is 0 Å². The van der Waals surface area contributed by atoms with Gasteiger partial charge in [-0.15, -0.1) is 0 Å². The number of rotatable bonds is 9. The summed E-state index contributed by atoms with van der Waals surface area (Å²) in [6, 6.07) is 5.05. The first kappa shape index (κ1) is 16.9. The minimum atomic E-state index is -3.57. The maximum Gasteiger partial charge on any atom is 0.244 e. The Kier molecular flexibility index (Phi) is 6.94. The van der Waals surface area contributed by atoms with Crippen LogP contribution in [0.2, 0.25) is 0 Å². The van der Waals surface area contributed by atoms with Gasteiger partial charge >= 0.3 is 0 Å². The molecule has 0 radical (unpaired) electrons. The number of hydrogen-bond donors (Lipinski definition) is 2. The van der Waals surface area contributed by atoms with Gasteiger partial charge in [-0.25, -0.2) is 13.1 Å². The molecule has 7 heteroatoms. The highest BCUT2D eigenvalue weighted by molar-refractivity contribution is 7.89. The first-order valence-corrected chi connectivity index (χ1v) is 7.83. The summed E-state index contributed by atoms with van der Waals surface area (Å²) in [6.07, 6.45) is 0.621. The molecular formula is C13H22N2O4S. The van der Waals surface area contributed by atoms with Crippen LogP contribution < -0.4 is 14.8 Å². The smallest absolute Gasteiger partial charge is 0.244 e. The molecule has 0 fully saturated rings. The predicted octanol–water partition coefficient (Wildman–Crippen LogP) is 0.729. The monoisotopic (exact) mass is 302 g/mol. The molecule has 0 unspecified atom stereocenters. The fraction of sp³-hybridized carbons (Fsp3) is 0.538. The Morgan fingerprint density at radius 1 is 1.25 bits per heavy atom. The second kappa shape index (κ2) is 8.21. The lowest BCUT2D eigenvalue weighted by Gasteiger charge is -2.12. The van der Waals surface area contributed by atoms with Gasteiger partial charge < -0.3 is 14.8 Å². The second-order valence-corrected chi connectivity index (χ2v) is 6.00. The summed E-state index contributed by atoms with van der Waals surface area (Å²) in [5, 5.41) is 3.01. The maximum absolute atomic E-state index is 12.2. The van der Waals surface area contributed by atoms with E-state index < -0.39 is 10.0 Å². The van der Waals surface area contributed by atoms with E-state index in [4.69, 9.17) is 9.47 Å². The Balaban J connectivity index is 2.88. The van der Waals surface area contributed by atoms with Crippen LogP contribution in [0.25, 0.3) is 0 Å². The molecule has 1 aromatic rings. The Labute approximate surface area is 120 Å². The van der Waals surface area contributed by atoms with E-state index in [1.54, 1.807) is 25.3 Å². The van der Waals surface area contributed by atoms with Crippen LogP contribution in [0.4, 0.5) is 0 Å². The van der Waals surface area contributed by atoms with Gasteiger partial charge in [-0.3, -0.25) is 0 Å². The molecular weight excluding hydrogens is 280 g/mol. The number of benzene rings is 1. The number of ether oxygens (including phenoxy) is 2. The van der Waals surface area contributed by atoms with E-state index in [1.807, 2.05) is 7.05 Å². The van der Waals surface area contributed by atoms with Crippen molar-refractivity contribution >= 4 is 10.0 Å². The first-order valence-electron chi connectivity index (χ1n) is 6.35. The van der Waals surface area contributed by atoms with Gasteiger partial charge in [0.05, 0.1) is 7.11 Å². The molecule has 0 aliphatic carbocycles. The van der Waals surface area contributed by atoms with Crippen LogP contribution in [0.3, 0.4) is 0 Å². The molecule has 0 amide bonds. The summed E-state index contributed by atoms with van der Waals surface area (Å²) >= 11 is 0. The van der Waals surface area contributed by atoms with Gasteiger partial charge in [-0.2, -0.15) is 0 Å². The second-order valence-electron chi connectivity index (χ2n) is 4.26. The molecule has 0 aromatic heterocycles. The predicted molar refractivity (Wildman–Crippen MR) is 77.4 cm³/mol. The molecule has 0 spiro atoms. The lowest BCUT2D eigenvalue weighted by atomic mass is 10.2.